The van der Waals surface area contributed by atoms with E-state index in [0.29, 0.717) is 6.42 Å². The van der Waals surface area contributed by atoms with Gasteiger partial charge in [0.05, 0.1) is 5.92 Å². The zero-order valence-corrected chi connectivity index (χ0v) is 19.0. The molecule has 0 amide bonds. The van der Waals surface area contributed by atoms with Crippen LogP contribution in [0, 0.1) is 5.92 Å². The molecule has 1 aliphatic heterocycles. The SMILES string of the molecule is C=CC(=O)O[C@@H](CCCCCCCCCCC)C[C@@H]1OC(=O)[C@H]1CCCCCC. The fourth-order valence-electron chi connectivity index (χ4n) is 4.08. The van der Waals surface area contributed by atoms with E-state index in [9.17, 15) is 9.59 Å². The summed E-state index contributed by atoms with van der Waals surface area (Å²) in [4.78, 5) is 23.6. The summed E-state index contributed by atoms with van der Waals surface area (Å²) in [6, 6.07) is 0. The molecule has 0 unspecified atom stereocenters. The molecule has 0 aromatic rings. The molecule has 1 saturated heterocycles. The number of unbranched alkanes of at least 4 members (excludes halogenated alkanes) is 11. The predicted molar refractivity (Wildman–Crippen MR) is 119 cm³/mol. The second-order valence-corrected chi connectivity index (χ2v) is 8.55. The van der Waals surface area contributed by atoms with Gasteiger partial charge in [-0.05, 0) is 19.3 Å². The largest absolute Gasteiger partial charge is 0.461 e. The van der Waals surface area contributed by atoms with Crippen molar-refractivity contribution in [2.75, 3.05) is 0 Å². The highest BCUT2D eigenvalue weighted by atomic mass is 16.6. The second-order valence-electron chi connectivity index (χ2n) is 8.55. The normalized spacial score (nSPS) is 19.3. The Balaban J connectivity index is 2.29. The lowest BCUT2D eigenvalue weighted by Gasteiger charge is -2.37. The third kappa shape index (κ3) is 11.4. The highest BCUT2D eigenvalue weighted by Crippen LogP contribution is 2.32. The maximum Gasteiger partial charge on any atom is 0.330 e. The number of carbonyl (C=O) groups is 2. The molecular formula is C25H44O4. The third-order valence-electron chi connectivity index (χ3n) is 5.96. The van der Waals surface area contributed by atoms with Crippen LogP contribution in [0.3, 0.4) is 0 Å². The number of hydrogen-bond acceptors (Lipinski definition) is 4. The van der Waals surface area contributed by atoms with Crippen LogP contribution in [0.4, 0.5) is 0 Å². The topological polar surface area (TPSA) is 52.6 Å². The van der Waals surface area contributed by atoms with Crippen LogP contribution >= 0.6 is 0 Å². The van der Waals surface area contributed by atoms with Crippen molar-refractivity contribution in [3.05, 3.63) is 12.7 Å². The molecule has 4 heteroatoms. The van der Waals surface area contributed by atoms with Crippen molar-refractivity contribution in [1.29, 1.82) is 0 Å². The summed E-state index contributed by atoms with van der Waals surface area (Å²) in [6.07, 6.45) is 19.4. The van der Waals surface area contributed by atoms with Crippen molar-refractivity contribution in [2.45, 2.75) is 129 Å². The van der Waals surface area contributed by atoms with E-state index < -0.39 is 0 Å². The first-order valence-corrected chi connectivity index (χ1v) is 12.2. The maximum absolute atomic E-state index is 11.8. The van der Waals surface area contributed by atoms with E-state index in [2.05, 4.69) is 20.4 Å². The van der Waals surface area contributed by atoms with Crippen LogP contribution in [0.15, 0.2) is 12.7 Å². The van der Waals surface area contributed by atoms with Crippen LogP contribution in [-0.4, -0.2) is 24.1 Å². The fourth-order valence-corrected chi connectivity index (χ4v) is 4.08. The van der Waals surface area contributed by atoms with Crippen LogP contribution in [0.5, 0.6) is 0 Å². The summed E-state index contributed by atoms with van der Waals surface area (Å²) in [5.74, 6) is -0.473. The van der Waals surface area contributed by atoms with E-state index in [1.54, 1.807) is 0 Å². The van der Waals surface area contributed by atoms with Crippen molar-refractivity contribution in [2.24, 2.45) is 5.92 Å². The minimum Gasteiger partial charge on any atom is -0.461 e. The Bertz CT molecular complexity index is 460. The molecule has 0 aliphatic carbocycles. The maximum atomic E-state index is 11.8. The lowest BCUT2D eigenvalue weighted by molar-refractivity contribution is -0.189. The smallest absolute Gasteiger partial charge is 0.330 e. The molecule has 0 radical (unpaired) electrons. The Morgan fingerprint density at radius 1 is 0.966 bits per heavy atom. The van der Waals surface area contributed by atoms with Crippen LogP contribution in [0.25, 0.3) is 0 Å². The minimum absolute atomic E-state index is 0.0140. The summed E-state index contributed by atoms with van der Waals surface area (Å²) in [5.41, 5.74) is 0. The van der Waals surface area contributed by atoms with E-state index in [1.165, 1.54) is 76.7 Å². The second kappa shape index (κ2) is 16.5. The highest BCUT2D eigenvalue weighted by Gasteiger charge is 2.43. The van der Waals surface area contributed by atoms with Gasteiger partial charge in [0.1, 0.15) is 12.2 Å². The molecule has 0 N–H and O–H groups in total. The Kier molecular flexibility index (Phi) is 14.6. The van der Waals surface area contributed by atoms with Gasteiger partial charge in [-0.3, -0.25) is 4.79 Å². The molecule has 1 fully saturated rings. The van der Waals surface area contributed by atoms with Gasteiger partial charge in [0.15, 0.2) is 0 Å². The van der Waals surface area contributed by atoms with Gasteiger partial charge in [-0.2, -0.15) is 0 Å². The van der Waals surface area contributed by atoms with Crippen molar-refractivity contribution in [1.82, 2.24) is 0 Å². The predicted octanol–water partition coefficient (Wildman–Crippen LogP) is 6.91. The van der Waals surface area contributed by atoms with Gasteiger partial charge < -0.3 is 9.47 Å². The van der Waals surface area contributed by atoms with E-state index in [4.69, 9.17) is 9.47 Å². The van der Waals surface area contributed by atoms with Gasteiger partial charge in [-0.15, -0.1) is 0 Å². The van der Waals surface area contributed by atoms with Crippen molar-refractivity contribution < 1.29 is 19.1 Å². The third-order valence-corrected chi connectivity index (χ3v) is 5.96. The average molecular weight is 409 g/mol. The molecular weight excluding hydrogens is 364 g/mol. The fraction of sp³-hybridized carbons (Fsp3) is 0.840. The van der Waals surface area contributed by atoms with E-state index in [1.807, 2.05) is 0 Å². The summed E-state index contributed by atoms with van der Waals surface area (Å²) >= 11 is 0. The molecule has 1 heterocycles. The molecule has 168 valence electrons. The van der Waals surface area contributed by atoms with Gasteiger partial charge in [-0.1, -0.05) is 97.5 Å². The lowest BCUT2D eigenvalue weighted by atomic mass is 9.86. The van der Waals surface area contributed by atoms with Gasteiger partial charge in [0.2, 0.25) is 0 Å². The lowest BCUT2D eigenvalue weighted by Crippen LogP contribution is -2.47. The summed E-state index contributed by atoms with van der Waals surface area (Å²) < 4.78 is 10.9. The monoisotopic (exact) mass is 408 g/mol. The quantitative estimate of drug-likeness (QED) is 0.132. The molecule has 4 nitrogen and oxygen atoms in total. The van der Waals surface area contributed by atoms with Gasteiger partial charge in [0.25, 0.3) is 0 Å². The van der Waals surface area contributed by atoms with Crippen LogP contribution < -0.4 is 0 Å². The first-order valence-electron chi connectivity index (χ1n) is 12.2. The Morgan fingerprint density at radius 3 is 2.07 bits per heavy atom. The average Bonchev–Trinajstić information content (AvgIpc) is 2.71. The zero-order valence-electron chi connectivity index (χ0n) is 19.0. The molecule has 1 aliphatic rings. The van der Waals surface area contributed by atoms with Gasteiger partial charge in [-0.25, -0.2) is 4.79 Å². The number of rotatable bonds is 19. The first kappa shape index (κ1) is 25.7. The molecule has 3 atom stereocenters. The molecule has 1 rings (SSSR count). The zero-order chi connectivity index (χ0) is 21.3. The van der Waals surface area contributed by atoms with Gasteiger partial charge in [0, 0.05) is 12.5 Å². The van der Waals surface area contributed by atoms with E-state index in [-0.39, 0.29) is 30.1 Å². The number of cyclic esters (lactones) is 1. The minimum atomic E-state index is -0.379. The summed E-state index contributed by atoms with van der Waals surface area (Å²) in [5, 5.41) is 0. The van der Waals surface area contributed by atoms with Crippen LogP contribution in [0.1, 0.15) is 117 Å². The van der Waals surface area contributed by atoms with Crippen LogP contribution in [0.2, 0.25) is 0 Å². The molecule has 0 aromatic carbocycles. The molecule has 0 spiro atoms. The van der Waals surface area contributed by atoms with Crippen molar-refractivity contribution >= 4 is 11.9 Å². The summed E-state index contributed by atoms with van der Waals surface area (Å²) in [7, 11) is 0. The van der Waals surface area contributed by atoms with Crippen LogP contribution in [-0.2, 0) is 19.1 Å². The Labute approximate surface area is 178 Å². The van der Waals surface area contributed by atoms with E-state index in [0.717, 1.165) is 25.7 Å². The standard InChI is InChI=1S/C25H44O4/c1-4-7-9-11-12-13-14-15-16-18-21(28-24(26)6-3)20-23-22(25(27)29-23)19-17-10-8-5-2/h6,21-23H,3-5,7-20H2,1-2H3/t21-,22-,23-/m0/s1. The molecule has 0 saturated carbocycles. The summed E-state index contributed by atoms with van der Waals surface area (Å²) in [6.45, 7) is 7.93. The first-order chi connectivity index (χ1) is 14.1. The van der Waals surface area contributed by atoms with Crippen molar-refractivity contribution in [3.63, 3.8) is 0 Å². The Hall–Kier alpha value is -1.32. The molecule has 29 heavy (non-hydrogen) atoms. The van der Waals surface area contributed by atoms with Gasteiger partial charge >= 0.3 is 11.9 Å². The highest BCUT2D eigenvalue weighted by molar-refractivity contribution is 5.81. The molecule has 0 aromatic heterocycles. The number of esters is 2. The number of ether oxygens (including phenoxy) is 2. The number of carbonyl (C=O) groups excluding carboxylic acids is 2. The number of hydrogen-bond donors (Lipinski definition) is 0. The van der Waals surface area contributed by atoms with E-state index >= 15 is 0 Å². The molecule has 0 bridgehead atoms. The Morgan fingerprint density at radius 2 is 1.52 bits per heavy atom. The van der Waals surface area contributed by atoms with Crippen molar-refractivity contribution in [3.8, 4) is 0 Å².